The summed E-state index contributed by atoms with van der Waals surface area (Å²) in [6, 6.07) is 3.71. The van der Waals surface area contributed by atoms with E-state index >= 15 is 0 Å². The highest BCUT2D eigenvalue weighted by molar-refractivity contribution is 5.94. The van der Waals surface area contributed by atoms with Crippen LogP contribution in [0.15, 0.2) is 18.3 Å². The van der Waals surface area contributed by atoms with E-state index in [-0.39, 0.29) is 11.9 Å². The number of amides is 1. The van der Waals surface area contributed by atoms with Crippen molar-refractivity contribution in [3.63, 3.8) is 0 Å². The molecule has 0 aliphatic carbocycles. The molecule has 1 amide bonds. The maximum absolute atomic E-state index is 11.8. The van der Waals surface area contributed by atoms with Gasteiger partial charge in [0.25, 0.3) is 0 Å². The Hall–Kier alpha value is -1.42. The van der Waals surface area contributed by atoms with Crippen LogP contribution >= 0.6 is 0 Å². The molecule has 2 rings (SSSR count). The van der Waals surface area contributed by atoms with E-state index in [1.54, 1.807) is 6.20 Å². The van der Waals surface area contributed by atoms with Gasteiger partial charge in [-0.2, -0.15) is 0 Å². The number of aromatic nitrogens is 1. The molecule has 0 bridgehead atoms. The van der Waals surface area contributed by atoms with E-state index in [1.807, 2.05) is 19.1 Å². The van der Waals surface area contributed by atoms with Crippen molar-refractivity contribution in [3.8, 4) is 0 Å². The molecule has 0 unspecified atom stereocenters. The summed E-state index contributed by atoms with van der Waals surface area (Å²) in [5, 5.41) is 6.04. The first kappa shape index (κ1) is 11.1. The third-order valence-electron chi connectivity index (χ3n) is 2.79. The normalized spacial score (nSPS) is 20.4. The van der Waals surface area contributed by atoms with Gasteiger partial charge in [0, 0.05) is 6.20 Å². The van der Waals surface area contributed by atoms with Gasteiger partial charge in [-0.05, 0) is 37.9 Å². The Morgan fingerprint density at radius 3 is 3.00 bits per heavy atom. The van der Waals surface area contributed by atoms with Gasteiger partial charge in [-0.3, -0.25) is 4.79 Å². The summed E-state index contributed by atoms with van der Waals surface area (Å²) in [5.41, 5.74) is 1.09. The number of carbonyl (C=O) groups excluding carboxylic acids is 1. The lowest BCUT2D eigenvalue weighted by Crippen LogP contribution is -2.43. The van der Waals surface area contributed by atoms with Gasteiger partial charge in [-0.25, -0.2) is 4.98 Å². The lowest BCUT2D eigenvalue weighted by molar-refractivity contribution is -0.118. The van der Waals surface area contributed by atoms with E-state index in [1.165, 1.54) is 0 Å². The summed E-state index contributed by atoms with van der Waals surface area (Å²) in [5.74, 6) is 0.652. The van der Waals surface area contributed by atoms with Crippen LogP contribution in [-0.2, 0) is 4.79 Å². The minimum atomic E-state index is -0.0585. The van der Waals surface area contributed by atoms with Crippen LogP contribution in [0, 0.1) is 6.92 Å². The lowest BCUT2D eigenvalue weighted by Gasteiger charge is -2.22. The number of anilines is 1. The standard InChI is InChI=1S/C12H17N3O/c1-9-5-6-11(14-8-9)15-12(16)10-4-2-3-7-13-10/h5-6,8,10,13H,2-4,7H2,1H3,(H,14,15,16)/t10-/m0/s1. The van der Waals surface area contributed by atoms with Gasteiger partial charge < -0.3 is 10.6 Å². The van der Waals surface area contributed by atoms with Crippen LogP contribution in [0.25, 0.3) is 0 Å². The minimum Gasteiger partial charge on any atom is -0.309 e. The van der Waals surface area contributed by atoms with Crippen molar-refractivity contribution in [1.82, 2.24) is 10.3 Å². The number of pyridine rings is 1. The average Bonchev–Trinajstić information content (AvgIpc) is 2.33. The highest BCUT2D eigenvalue weighted by Crippen LogP contribution is 2.10. The van der Waals surface area contributed by atoms with E-state index in [2.05, 4.69) is 15.6 Å². The monoisotopic (exact) mass is 219 g/mol. The van der Waals surface area contributed by atoms with Gasteiger partial charge in [-0.1, -0.05) is 12.5 Å². The Labute approximate surface area is 95.5 Å². The molecule has 1 saturated heterocycles. The van der Waals surface area contributed by atoms with E-state index in [0.717, 1.165) is 31.4 Å². The van der Waals surface area contributed by atoms with Gasteiger partial charge in [-0.15, -0.1) is 0 Å². The van der Waals surface area contributed by atoms with Crippen molar-refractivity contribution in [2.75, 3.05) is 11.9 Å². The first-order chi connectivity index (χ1) is 7.75. The second kappa shape index (κ2) is 5.07. The van der Waals surface area contributed by atoms with Crippen LogP contribution in [0.2, 0.25) is 0 Å². The highest BCUT2D eigenvalue weighted by atomic mass is 16.2. The molecule has 1 aliphatic rings. The number of rotatable bonds is 2. The number of hydrogen-bond donors (Lipinski definition) is 2. The fourth-order valence-electron chi connectivity index (χ4n) is 1.83. The summed E-state index contributed by atoms with van der Waals surface area (Å²) < 4.78 is 0. The number of nitrogens with one attached hydrogen (secondary N) is 2. The zero-order chi connectivity index (χ0) is 11.4. The van der Waals surface area contributed by atoms with Crippen LogP contribution in [0.4, 0.5) is 5.82 Å². The molecule has 0 saturated carbocycles. The Bertz CT molecular complexity index is 355. The molecule has 4 heteroatoms. The zero-order valence-electron chi connectivity index (χ0n) is 9.49. The molecule has 0 radical (unpaired) electrons. The zero-order valence-corrected chi connectivity index (χ0v) is 9.49. The molecule has 86 valence electrons. The summed E-state index contributed by atoms with van der Waals surface area (Å²) >= 11 is 0. The summed E-state index contributed by atoms with van der Waals surface area (Å²) in [6.07, 6.45) is 4.95. The van der Waals surface area contributed by atoms with Crippen LogP contribution in [0.3, 0.4) is 0 Å². The molecule has 1 atom stereocenters. The van der Waals surface area contributed by atoms with Crippen molar-refractivity contribution in [3.05, 3.63) is 23.9 Å². The lowest BCUT2D eigenvalue weighted by atomic mass is 10.0. The number of piperidine rings is 1. The Morgan fingerprint density at radius 1 is 1.50 bits per heavy atom. The predicted octanol–water partition coefficient (Wildman–Crippen LogP) is 1.47. The van der Waals surface area contributed by atoms with Gasteiger partial charge in [0.05, 0.1) is 6.04 Å². The largest absolute Gasteiger partial charge is 0.309 e. The summed E-state index contributed by atoms with van der Waals surface area (Å²) in [4.78, 5) is 16.0. The average molecular weight is 219 g/mol. The van der Waals surface area contributed by atoms with Crippen LogP contribution in [-0.4, -0.2) is 23.5 Å². The molecule has 1 fully saturated rings. The van der Waals surface area contributed by atoms with Gasteiger partial charge in [0.1, 0.15) is 5.82 Å². The molecule has 16 heavy (non-hydrogen) atoms. The fraction of sp³-hybridized carbons (Fsp3) is 0.500. The van der Waals surface area contributed by atoms with Crippen LogP contribution in [0.5, 0.6) is 0 Å². The maximum atomic E-state index is 11.8. The second-order valence-corrected chi connectivity index (χ2v) is 4.21. The summed E-state index contributed by atoms with van der Waals surface area (Å²) in [6.45, 7) is 2.90. The molecule has 2 heterocycles. The van der Waals surface area contributed by atoms with Gasteiger partial charge in [0.15, 0.2) is 0 Å². The van der Waals surface area contributed by atoms with Gasteiger partial charge >= 0.3 is 0 Å². The van der Waals surface area contributed by atoms with Crippen molar-refractivity contribution in [2.24, 2.45) is 0 Å². The molecular formula is C12H17N3O. The van der Waals surface area contributed by atoms with E-state index in [0.29, 0.717) is 5.82 Å². The minimum absolute atomic E-state index is 0.0241. The summed E-state index contributed by atoms with van der Waals surface area (Å²) in [7, 11) is 0. The smallest absolute Gasteiger partial charge is 0.242 e. The molecule has 1 aromatic heterocycles. The first-order valence-corrected chi connectivity index (χ1v) is 5.72. The predicted molar refractivity (Wildman–Crippen MR) is 63.2 cm³/mol. The van der Waals surface area contributed by atoms with Crippen molar-refractivity contribution in [1.29, 1.82) is 0 Å². The third-order valence-corrected chi connectivity index (χ3v) is 2.79. The SMILES string of the molecule is Cc1ccc(NC(=O)[C@@H]2CCCCN2)nc1. The molecule has 1 aromatic rings. The van der Waals surface area contributed by atoms with Crippen molar-refractivity contribution < 1.29 is 4.79 Å². The van der Waals surface area contributed by atoms with Crippen molar-refractivity contribution in [2.45, 2.75) is 32.2 Å². The third kappa shape index (κ3) is 2.79. The van der Waals surface area contributed by atoms with Gasteiger partial charge in [0.2, 0.25) is 5.91 Å². The first-order valence-electron chi connectivity index (χ1n) is 5.72. The topological polar surface area (TPSA) is 54.0 Å². The van der Waals surface area contributed by atoms with E-state index in [9.17, 15) is 4.79 Å². The molecule has 0 aromatic carbocycles. The van der Waals surface area contributed by atoms with Crippen molar-refractivity contribution >= 4 is 11.7 Å². The maximum Gasteiger partial charge on any atom is 0.242 e. The Balaban J connectivity index is 1.93. The highest BCUT2D eigenvalue weighted by Gasteiger charge is 2.20. The quantitative estimate of drug-likeness (QED) is 0.792. The van der Waals surface area contributed by atoms with Crippen LogP contribution < -0.4 is 10.6 Å². The number of aryl methyl sites for hydroxylation is 1. The van der Waals surface area contributed by atoms with Crippen LogP contribution in [0.1, 0.15) is 24.8 Å². The molecule has 0 spiro atoms. The number of nitrogens with zero attached hydrogens (tertiary/aromatic N) is 1. The second-order valence-electron chi connectivity index (χ2n) is 4.21. The molecular weight excluding hydrogens is 202 g/mol. The molecule has 2 N–H and O–H groups in total. The number of hydrogen-bond acceptors (Lipinski definition) is 3. The molecule has 4 nitrogen and oxygen atoms in total. The Morgan fingerprint density at radius 2 is 2.38 bits per heavy atom. The Kier molecular flexibility index (Phi) is 3.51. The number of carbonyl (C=O) groups is 1. The fourth-order valence-corrected chi connectivity index (χ4v) is 1.83. The van der Waals surface area contributed by atoms with E-state index < -0.39 is 0 Å². The molecule has 1 aliphatic heterocycles. The van der Waals surface area contributed by atoms with E-state index in [4.69, 9.17) is 0 Å².